The van der Waals surface area contributed by atoms with Gasteiger partial charge in [0, 0.05) is 12.6 Å². The highest BCUT2D eigenvalue weighted by Crippen LogP contribution is 2.45. The fraction of sp³-hybridized carbons (Fsp3) is 0.333. The normalized spacial score (nSPS) is 20.2. The Morgan fingerprint density at radius 1 is 0.692 bits per heavy atom. The van der Waals surface area contributed by atoms with Crippen molar-refractivity contribution in [2.75, 3.05) is 6.54 Å². The molecular weight excluding hydrogens is 330 g/mol. The molecule has 2 heterocycles. The van der Waals surface area contributed by atoms with E-state index >= 15 is 0 Å². The Labute approximate surface area is 150 Å². The molecule has 0 bridgehead atoms. The van der Waals surface area contributed by atoms with Gasteiger partial charge in [0.15, 0.2) is 23.0 Å². The molecule has 2 aliphatic rings. The average molecular weight is 351 g/mol. The van der Waals surface area contributed by atoms with Crippen LogP contribution in [-0.2, 0) is 13.0 Å². The zero-order chi connectivity index (χ0) is 18.0. The van der Waals surface area contributed by atoms with Gasteiger partial charge >= 0.3 is 0 Å². The standard InChI is InChI=1S/C21H21NO4/c23-18-6-13-12-5-11-3-1-2-4-22(11)10-17(12)16-9-21(26)20(25)8-15(16)14(13)7-19(18)24/h6-9,11,23-26H,1-5,10H2. The van der Waals surface area contributed by atoms with Crippen molar-refractivity contribution in [2.24, 2.45) is 0 Å². The molecule has 1 unspecified atom stereocenters. The summed E-state index contributed by atoms with van der Waals surface area (Å²) in [5.41, 5.74) is 2.32. The molecule has 5 heteroatoms. The van der Waals surface area contributed by atoms with Crippen LogP contribution in [-0.4, -0.2) is 37.9 Å². The van der Waals surface area contributed by atoms with Crippen molar-refractivity contribution in [1.82, 2.24) is 4.90 Å². The molecule has 5 rings (SSSR count). The maximum Gasteiger partial charge on any atom is 0.158 e. The third-order valence-electron chi connectivity index (χ3n) is 6.08. The van der Waals surface area contributed by atoms with E-state index in [0.717, 1.165) is 46.6 Å². The molecule has 4 N–H and O–H groups in total. The van der Waals surface area contributed by atoms with Gasteiger partial charge in [-0.25, -0.2) is 0 Å². The van der Waals surface area contributed by atoms with Crippen LogP contribution in [0.5, 0.6) is 23.0 Å². The average Bonchev–Trinajstić information content (AvgIpc) is 2.64. The van der Waals surface area contributed by atoms with Crippen LogP contribution < -0.4 is 0 Å². The number of aromatic hydroxyl groups is 4. The van der Waals surface area contributed by atoms with Crippen LogP contribution in [0.4, 0.5) is 0 Å². The topological polar surface area (TPSA) is 84.2 Å². The number of fused-ring (bicyclic) bond motifs is 7. The molecule has 0 amide bonds. The summed E-state index contributed by atoms with van der Waals surface area (Å²) in [6, 6.07) is 6.85. The van der Waals surface area contributed by atoms with Crippen LogP contribution in [0.2, 0.25) is 0 Å². The number of rotatable bonds is 0. The molecule has 1 atom stereocenters. The lowest BCUT2D eigenvalue weighted by Crippen LogP contribution is -2.43. The molecule has 3 aromatic rings. The lowest BCUT2D eigenvalue weighted by atomic mass is 9.82. The SMILES string of the molecule is Oc1cc2c3c(c4cc(O)c(O)cc4c2cc1O)CN1CCCCC1C3. The minimum absolute atomic E-state index is 0.131. The summed E-state index contributed by atoms with van der Waals surface area (Å²) in [7, 11) is 0. The maximum atomic E-state index is 10.1. The smallest absolute Gasteiger partial charge is 0.158 e. The Kier molecular flexibility index (Phi) is 3.25. The zero-order valence-corrected chi connectivity index (χ0v) is 14.4. The van der Waals surface area contributed by atoms with Crippen molar-refractivity contribution in [1.29, 1.82) is 0 Å². The van der Waals surface area contributed by atoms with Gasteiger partial charge in [0.2, 0.25) is 0 Å². The number of phenols is 4. The van der Waals surface area contributed by atoms with Gasteiger partial charge in [0.05, 0.1) is 0 Å². The summed E-state index contributed by atoms with van der Waals surface area (Å²) in [5.74, 6) is -0.629. The molecule has 1 saturated heterocycles. The Balaban J connectivity index is 1.89. The van der Waals surface area contributed by atoms with Crippen LogP contribution >= 0.6 is 0 Å². The quantitative estimate of drug-likeness (QED) is 0.366. The van der Waals surface area contributed by atoms with E-state index in [9.17, 15) is 20.4 Å². The van der Waals surface area contributed by atoms with E-state index in [0.29, 0.717) is 6.04 Å². The molecule has 5 nitrogen and oxygen atoms in total. The summed E-state index contributed by atoms with van der Waals surface area (Å²) in [4.78, 5) is 2.50. The molecule has 0 spiro atoms. The molecule has 134 valence electrons. The van der Waals surface area contributed by atoms with Gasteiger partial charge in [-0.3, -0.25) is 4.90 Å². The number of phenolic OH excluding ortho intramolecular Hbond substituents is 4. The fourth-order valence-corrected chi connectivity index (χ4v) is 4.78. The summed E-state index contributed by atoms with van der Waals surface area (Å²) >= 11 is 0. The molecule has 0 saturated carbocycles. The van der Waals surface area contributed by atoms with E-state index < -0.39 is 0 Å². The van der Waals surface area contributed by atoms with E-state index in [-0.39, 0.29) is 23.0 Å². The first kappa shape index (κ1) is 15.6. The molecule has 26 heavy (non-hydrogen) atoms. The summed E-state index contributed by atoms with van der Waals surface area (Å²) in [6.07, 6.45) is 4.51. The van der Waals surface area contributed by atoms with Gasteiger partial charge in [-0.05, 0) is 82.7 Å². The van der Waals surface area contributed by atoms with Crippen molar-refractivity contribution in [3.05, 3.63) is 35.4 Å². The van der Waals surface area contributed by atoms with Crippen LogP contribution in [0, 0.1) is 0 Å². The van der Waals surface area contributed by atoms with Gasteiger partial charge < -0.3 is 20.4 Å². The molecule has 2 aliphatic heterocycles. The molecule has 1 fully saturated rings. The number of hydrogen-bond acceptors (Lipinski definition) is 5. The zero-order valence-electron chi connectivity index (χ0n) is 14.4. The lowest BCUT2D eigenvalue weighted by Gasteiger charge is -2.41. The second-order valence-electron chi connectivity index (χ2n) is 7.55. The van der Waals surface area contributed by atoms with Crippen LogP contribution in [0.25, 0.3) is 21.5 Å². The Hall–Kier alpha value is -2.66. The Bertz CT molecular complexity index is 975. The minimum Gasteiger partial charge on any atom is -0.504 e. The molecule has 0 aliphatic carbocycles. The molecular formula is C21H21NO4. The van der Waals surface area contributed by atoms with E-state index in [1.807, 2.05) is 0 Å². The predicted molar refractivity (Wildman–Crippen MR) is 99.9 cm³/mol. The van der Waals surface area contributed by atoms with Gasteiger partial charge in [-0.1, -0.05) is 6.42 Å². The maximum absolute atomic E-state index is 10.1. The molecule has 3 aromatic carbocycles. The van der Waals surface area contributed by atoms with Crippen molar-refractivity contribution < 1.29 is 20.4 Å². The fourth-order valence-electron chi connectivity index (χ4n) is 4.78. The van der Waals surface area contributed by atoms with Crippen molar-refractivity contribution >= 4 is 21.5 Å². The van der Waals surface area contributed by atoms with Crippen molar-refractivity contribution in [3.8, 4) is 23.0 Å². The highest BCUT2D eigenvalue weighted by Gasteiger charge is 2.31. The number of hydrogen-bond donors (Lipinski definition) is 4. The van der Waals surface area contributed by atoms with Crippen LogP contribution in [0.1, 0.15) is 30.4 Å². The highest BCUT2D eigenvalue weighted by molar-refractivity contribution is 6.12. The van der Waals surface area contributed by atoms with Crippen molar-refractivity contribution in [3.63, 3.8) is 0 Å². The van der Waals surface area contributed by atoms with Gasteiger partial charge in [0.25, 0.3) is 0 Å². The lowest BCUT2D eigenvalue weighted by molar-refractivity contribution is 0.128. The van der Waals surface area contributed by atoms with E-state index in [1.165, 1.54) is 24.8 Å². The first-order valence-electron chi connectivity index (χ1n) is 9.12. The van der Waals surface area contributed by atoms with Gasteiger partial charge in [-0.2, -0.15) is 0 Å². The van der Waals surface area contributed by atoms with Crippen LogP contribution in [0.15, 0.2) is 24.3 Å². The van der Waals surface area contributed by atoms with E-state index in [4.69, 9.17) is 0 Å². The minimum atomic E-state index is -0.182. The first-order valence-corrected chi connectivity index (χ1v) is 9.12. The molecule has 0 aromatic heterocycles. The monoisotopic (exact) mass is 351 g/mol. The van der Waals surface area contributed by atoms with Crippen LogP contribution in [0.3, 0.4) is 0 Å². The third kappa shape index (κ3) is 2.13. The largest absolute Gasteiger partial charge is 0.504 e. The highest BCUT2D eigenvalue weighted by atomic mass is 16.3. The Morgan fingerprint density at radius 2 is 1.23 bits per heavy atom. The van der Waals surface area contributed by atoms with Gasteiger partial charge in [-0.15, -0.1) is 0 Å². The first-order chi connectivity index (χ1) is 12.5. The number of nitrogens with zero attached hydrogens (tertiary/aromatic N) is 1. The number of piperidine rings is 1. The van der Waals surface area contributed by atoms with E-state index in [1.54, 1.807) is 24.3 Å². The third-order valence-corrected chi connectivity index (χ3v) is 6.08. The summed E-state index contributed by atoms with van der Waals surface area (Å²) < 4.78 is 0. The van der Waals surface area contributed by atoms with Crippen molar-refractivity contribution in [2.45, 2.75) is 38.3 Å². The predicted octanol–water partition coefficient (Wildman–Crippen LogP) is 3.73. The molecule has 0 radical (unpaired) electrons. The van der Waals surface area contributed by atoms with E-state index in [2.05, 4.69) is 4.90 Å². The second kappa shape index (κ2) is 5.42. The van der Waals surface area contributed by atoms with Gasteiger partial charge in [0.1, 0.15) is 0 Å². The number of benzene rings is 3. The second-order valence-corrected chi connectivity index (χ2v) is 7.55. The summed E-state index contributed by atoms with van der Waals surface area (Å²) in [6.45, 7) is 1.88. The Morgan fingerprint density at radius 3 is 1.85 bits per heavy atom. The summed E-state index contributed by atoms with van der Waals surface area (Å²) in [5, 5.41) is 43.6.